The minimum Gasteiger partial charge on any atom is -0.469 e. The summed E-state index contributed by atoms with van der Waals surface area (Å²) < 4.78 is 9.77. The van der Waals surface area contributed by atoms with Gasteiger partial charge in [0.15, 0.2) is 0 Å². The SMILES string of the molecule is COC(=O)C[C@H](NC(=O)CCNC(=O)OC(C)(C)C)c1ccccc1Cl. The molecule has 0 saturated heterocycles. The molecule has 26 heavy (non-hydrogen) atoms. The van der Waals surface area contributed by atoms with Crippen molar-refractivity contribution in [2.24, 2.45) is 0 Å². The molecule has 0 saturated carbocycles. The van der Waals surface area contributed by atoms with Crippen LogP contribution in [0.5, 0.6) is 0 Å². The molecular weight excluding hydrogens is 360 g/mol. The van der Waals surface area contributed by atoms with Crippen molar-refractivity contribution >= 4 is 29.6 Å². The van der Waals surface area contributed by atoms with Gasteiger partial charge in [-0.15, -0.1) is 0 Å². The zero-order chi connectivity index (χ0) is 19.7. The molecule has 1 aromatic rings. The summed E-state index contributed by atoms with van der Waals surface area (Å²) in [6, 6.07) is 6.31. The van der Waals surface area contributed by atoms with Crippen molar-refractivity contribution in [3.8, 4) is 0 Å². The maximum Gasteiger partial charge on any atom is 0.407 e. The van der Waals surface area contributed by atoms with Gasteiger partial charge < -0.3 is 20.1 Å². The monoisotopic (exact) mass is 384 g/mol. The van der Waals surface area contributed by atoms with Gasteiger partial charge in [0, 0.05) is 18.0 Å². The van der Waals surface area contributed by atoms with E-state index in [2.05, 4.69) is 15.4 Å². The lowest BCUT2D eigenvalue weighted by Gasteiger charge is -2.20. The molecule has 2 N–H and O–H groups in total. The smallest absolute Gasteiger partial charge is 0.407 e. The molecule has 0 bridgehead atoms. The number of carbonyl (C=O) groups is 3. The second-order valence-corrected chi connectivity index (χ2v) is 7.01. The third-order valence-electron chi connectivity index (χ3n) is 3.23. The minimum absolute atomic E-state index is 0.0291. The predicted octanol–water partition coefficient (Wildman–Crippen LogP) is 2.98. The van der Waals surface area contributed by atoms with Crippen LogP contribution >= 0.6 is 11.6 Å². The van der Waals surface area contributed by atoms with Gasteiger partial charge in [0.25, 0.3) is 0 Å². The molecule has 144 valence electrons. The Kier molecular flexibility index (Phi) is 8.38. The molecule has 0 aliphatic heterocycles. The minimum atomic E-state index is -0.620. The molecule has 0 aliphatic rings. The molecule has 0 heterocycles. The number of halogens is 1. The topological polar surface area (TPSA) is 93.7 Å². The summed E-state index contributed by atoms with van der Waals surface area (Å²) in [4.78, 5) is 35.4. The van der Waals surface area contributed by atoms with E-state index in [0.29, 0.717) is 10.6 Å². The molecular formula is C18H25ClN2O5. The summed E-state index contributed by atoms with van der Waals surface area (Å²) in [7, 11) is 1.28. The number of ether oxygens (including phenoxy) is 2. The van der Waals surface area contributed by atoms with Gasteiger partial charge in [0.1, 0.15) is 5.60 Å². The first-order chi connectivity index (χ1) is 12.1. The van der Waals surface area contributed by atoms with Crippen LogP contribution in [0.2, 0.25) is 5.02 Å². The number of hydrogen-bond acceptors (Lipinski definition) is 5. The highest BCUT2D eigenvalue weighted by molar-refractivity contribution is 6.31. The third kappa shape index (κ3) is 8.20. The van der Waals surface area contributed by atoms with Gasteiger partial charge in [-0.2, -0.15) is 0 Å². The van der Waals surface area contributed by atoms with Crippen LogP contribution in [0.3, 0.4) is 0 Å². The van der Waals surface area contributed by atoms with E-state index in [-0.39, 0.29) is 25.3 Å². The molecule has 0 radical (unpaired) electrons. The fourth-order valence-corrected chi connectivity index (χ4v) is 2.37. The summed E-state index contributed by atoms with van der Waals surface area (Å²) in [5.74, 6) is -0.808. The van der Waals surface area contributed by atoms with Crippen LogP contribution in [-0.4, -0.2) is 37.2 Å². The zero-order valence-corrected chi connectivity index (χ0v) is 16.2. The molecule has 0 aliphatic carbocycles. The van der Waals surface area contributed by atoms with Gasteiger partial charge >= 0.3 is 12.1 Å². The Bertz CT molecular complexity index is 643. The lowest BCUT2D eigenvalue weighted by Crippen LogP contribution is -2.36. The van der Waals surface area contributed by atoms with Crippen LogP contribution < -0.4 is 10.6 Å². The number of esters is 1. The Labute approximate surface area is 158 Å². The maximum absolute atomic E-state index is 12.2. The number of carbonyl (C=O) groups excluding carboxylic acids is 3. The Hall–Kier alpha value is -2.28. The molecule has 1 atom stereocenters. The molecule has 0 fully saturated rings. The van der Waals surface area contributed by atoms with Gasteiger partial charge in [-0.25, -0.2) is 4.79 Å². The highest BCUT2D eigenvalue weighted by Gasteiger charge is 2.21. The van der Waals surface area contributed by atoms with E-state index < -0.39 is 23.7 Å². The first-order valence-electron chi connectivity index (χ1n) is 8.20. The fourth-order valence-electron chi connectivity index (χ4n) is 2.11. The molecule has 8 heteroatoms. The largest absolute Gasteiger partial charge is 0.469 e. The van der Waals surface area contributed by atoms with Gasteiger partial charge in [-0.3, -0.25) is 9.59 Å². The predicted molar refractivity (Wildman–Crippen MR) is 97.8 cm³/mol. The van der Waals surface area contributed by atoms with Crippen molar-refractivity contribution in [1.29, 1.82) is 0 Å². The number of amides is 2. The fraction of sp³-hybridized carbons (Fsp3) is 0.500. The molecule has 7 nitrogen and oxygen atoms in total. The first kappa shape index (κ1) is 21.8. The number of benzene rings is 1. The van der Waals surface area contributed by atoms with Crippen molar-refractivity contribution in [3.63, 3.8) is 0 Å². The van der Waals surface area contributed by atoms with E-state index >= 15 is 0 Å². The lowest BCUT2D eigenvalue weighted by molar-refractivity contribution is -0.141. The van der Waals surface area contributed by atoms with Crippen molar-refractivity contribution in [1.82, 2.24) is 10.6 Å². The lowest BCUT2D eigenvalue weighted by atomic mass is 10.0. The van der Waals surface area contributed by atoms with Crippen molar-refractivity contribution in [2.75, 3.05) is 13.7 Å². The summed E-state index contributed by atoms with van der Waals surface area (Å²) in [5.41, 5.74) is 0.00942. The van der Waals surface area contributed by atoms with E-state index in [1.807, 2.05) is 0 Å². The Morgan fingerprint density at radius 3 is 2.42 bits per heavy atom. The van der Waals surface area contributed by atoms with Gasteiger partial charge in [-0.05, 0) is 32.4 Å². The summed E-state index contributed by atoms with van der Waals surface area (Å²) in [6.45, 7) is 5.36. The summed E-state index contributed by atoms with van der Waals surface area (Å²) >= 11 is 6.16. The molecule has 1 aromatic carbocycles. The summed E-state index contributed by atoms with van der Waals surface area (Å²) in [5, 5.41) is 5.69. The average Bonchev–Trinajstić information content (AvgIpc) is 2.52. The third-order valence-corrected chi connectivity index (χ3v) is 3.58. The first-order valence-corrected chi connectivity index (χ1v) is 8.57. The molecule has 0 unspecified atom stereocenters. The Morgan fingerprint density at radius 1 is 1.19 bits per heavy atom. The summed E-state index contributed by atoms with van der Waals surface area (Å²) in [6.07, 6.45) is -0.616. The number of nitrogens with one attached hydrogen (secondary N) is 2. The second-order valence-electron chi connectivity index (χ2n) is 6.60. The Morgan fingerprint density at radius 2 is 1.85 bits per heavy atom. The van der Waals surface area contributed by atoms with Gasteiger partial charge in [0.2, 0.25) is 5.91 Å². The maximum atomic E-state index is 12.2. The molecule has 1 rings (SSSR count). The van der Waals surface area contributed by atoms with Crippen LogP contribution in [0, 0.1) is 0 Å². The normalized spacial score (nSPS) is 12.0. The highest BCUT2D eigenvalue weighted by atomic mass is 35.5. The Balaban J connectivity index is 2.62. The number of methoxy groups -OCH3 is 1. The van der Waals surface area contributed by atoms with Gasteiger partial charge in [0.05, 0.1) is 19.6 Å². The number of hydrogen-bond donors (Lipinski definition) is 2. The molecule has 0 aromatic heterocycles. The van der Waals surface area contributed by atoms with Crippen LogP contribution in [0.1, 0.15) is 45.2 Å². The van der Waals surface area contributed by atoms with Crippen molar-refractivity contribution < 1.29 is 23.9 Å². The molecule has 0 spiro atoms. The van der Waals surface area contributed by atoms with E-state index in [4.69, 9.17) is 16.3 Å². The number of rotatable bonds is 7. The average molecular weight is 385 g/mol. The molecule has 2 amide bonds. The zero-order valence-electron chi connectivity index (χ0n) is 15.4. The van der Waals surface area contributed by atoms with Crippen LogP contribution in [0.15, 0.2) is 24.3 Å². The highest BCUT2D eigenvalue weighted by Crippen LogP contribution is 2.25. The number of alkyl carbamates (subject to hydrolysis) is 1. The van der Waals surface area contributed by atoms with E-state index in [1.165, 1.54) is 7.11 Å². The van der Waals surface area contributed by atoms with Crippen LogP contribution in [-0.2, 0) is 19.1 Å². The van der Waals surface area contributed by atoms with E-state index in [0.717, 1.165) is 0 Å². The quantitative estimate of drug-likeness (QED) is 0.705. The van der Waals surface area contributed by atoms with E-state index in [9.17, 15) is 14.4 Å². The van der Waals surface area contributed by atoms with Crippen molar-refractivity contribution in [3.05, 3.63) is 34.9 Å². The second kappa shape index (κ2) is 10.0. The van der Waals surface area contributed by atoms with E-state index in [1.54, 1.807) is 45.0 Å². The van der Waals surface area contributed by atoms with Crippen LogP contribution in [0.4, 0.5) is 4.79 Å². The van der Waals surface area contributed by atoms with Gasteiger partial charge in [-0.1, -0.05) is 29.8 Å². The van der Waals surface area contributed by atoms with Crippen LogP contribution in [0.25, 0.3) is 0 Å². The standard InChI is InChI=1S/C18H25ClN2O5/c1-18(2,3)26-17(24)20-10-9-15(22)21-14(11-16(23)25-4)12-7-5-6-8-13(12)19/h5-8,14H,9-11H2,1-4H3,(H,20,24)(H,21,22)/t14-/m0/s1. The van der Waals surface area contributed by atoms with Crippen molar-refractivity contribution in [2.45, 2.75) is 45.3 Å².